The predicted molar refractivity (Wildman–Crippen MR) is 78.1 cm³/mol. The number of carbonyl (C=O) groups is 1. The van der Waals surface area contributed by atoms with E-state index >= 15 is 0 Å². The molecule has 1 aromatic heterocycles. The number of nitro groups is 1. The van der Waals surface area contributed by atoms with Crippen molar-refractivity contribution in [2.45, 2.75) is 6.54 Å². The van der Waals surface area contributed by atoms with Crippen LogP contribution in [0.15, 0.2) is 42.6 Å². The lowest BCUT2D eigenvalue weighted by molar-refractivity contribution is -0.384. The second-order valence-corrected chi connectivity index (χ2v) is 4.29. The van der Waals surface area contributed by atoms with Crippen LogP contribution in [0.1, 0.15) is 16.1 Å². The van der Waals surface area contributed by atoms with Crippen LogP contribution in [0.3, 0.4) is 0 Å². The van der Waals surface area contributed by atoms with Crippen molar-refractivity contribution < 1.29 is 9.72 Å². The van der Waals surface area contributed by atoms with Crippen LogP contribution in [-0.4, -0.2) is 22.9 Å². The van der Waals surface area contributed by atoms with E-state index in [1.807, 2.05) is 0 Å². The first-order chi connectivity index (χ1) is 10.1. The first-order valence-electron chi connectivity index (χ1n) is 6.25. The number of hydrogen-bond acceptors (Lipinski definition) is 5. The molecule has 0 unspecified atom stereocenters. The van der Waals surface area contributed by atoms with Gasteiger partial charge in [-0.15, -0.1) is 0 Å². The Morgan fingerprint density at radius 2 is 2.00 bits per heavy atom. The van der Waals surface area contributed by atoms with Gasteiger partial charge in [0.15, 0.2) is 0 Å². The highest BCUT2D eigenvalue weighted by atomic mass is 16.6. The second-order valence-electron chi connectivity index (χ2n) is 4.29. The maximum Gasteiger partial charge on any atom is 0.269 e. The van der Waals surface area contributed by atoms with Crippen molar-refractivity contribution in [3.63, 3.8) is 0 Å². The first kappa shape index (κ1) is 14.4. The number of benzene rings is 1. The van der Waals surface area contributed by atoms with Crippen molar-refractivity contribution in [2.75, 3.05) is 12.4 Å². The van der Waals surface area contributed by atoms with Crippen LogP contribution < -0.4 is 10.6 Å². The standard InChI is InChI=1S/C14H14N4O3/c1-15-14(19)13-8-11(6-7-16-13)17-9-10-2-4-12(5-3-10)18(20)21/h2-8H,9H2,1H3,(H,15,19)(H,16,17). The summed E-state index contributed by atoms with van der Waals surface area (Å²) in [5.74, 6) is -0.256. The van der Waals surface area contributed by atoms with E-state index in [9.17, 15) is 14.9 Å². The topological polar surface area (TPSA) is 97.2 Å². The molecule has 0 saturated carbocycles. The van der Waals surface area contributed by atoms with Crippen molar-refractivity contribution in [1.82, 2.24) is 10.3 Å². The van der Waals surface area contributed by atoms with Gasteiger partial charge in [-0.1, -0.05) is 12.1 Å². The molecule has 7 nitrogen and oxygen atoms in total. The molecular weight excluding hydrogens is 272 g/mol. The number of nitrogens with zero attached hydrogens (tertiary/aromatic N) is 2. The summed E-state index contributed by atoms with van der Waals surface area (Å²) in [6, 6.07) is 9.68. The van der Waals surface area contributed by atoms with Gasteiger partial charge in [-0.3, -0.25) is 19.9 Å². The zero-order chi connectivity index (χ0) is 15.2. The van der Waals surface area contributed by atoms with Crippen LogP contribution in [-0.2, 0) is 6.54 Å². The van der Waals surface area contributed by atoms with Crippen LogP contribution in [0.5, 0.6) is 0 Å². The Morgan fingerprint density at radius 1 is 1.29 bits per heavy atom. The smallest absolute Gasteiger partial charge is 0.269 e. The van der Waals surface area contributed by atoms with Crippen molar-refractivity contribution in [2.24, 2.45) is 0 Å². The maximum atomic E-state index is 11.5. The fraction of sp³-hybridized carbons (Fsp3) is 0.143. The highest BCUT2D eigenvalue weighted by Gasteiger charge is 2.06. The van der Waals surface area contributed by atoms with Gasteiger partial charge in [-0.25, -0.2) is 0 Å². The zero-order valence-corrected chi connectivity index (χ0v) is 11.4. The largest absolute Gasteiger partial charge is 0.381 e. The van der Waals surface area contributed by atoms with E-state index < -0.39 is 4.92 Å². The summed E-state index contributed by atoms with van der Waals surface area (Å²) in [5.41, 5.74) is 2.04. The average molecular weight is 286 g/mol. The van der Waals surface area contributed by atoms with Gasteiger partial charge in [0.1, 0.15) is 5.69 Å². The molecule has 108 valence electrons. The minimum Gasteiger partial charge on any atom is -0.381 e. The summed E-state index contributed by atoms with van der Waals surface area (Å²) >= 11 is 0. The number of nitrogens with one attached hydrogen (secondary N) is 2. The number of pyridine rings is 1. The number of carbonyl (C=O) groups excluding carboxylic acids is 1. The molecule has 0 aliphatic heterocycles. The first-order valence-corrected chi connectivity index (χ1v) is 6.25. The molecule has 7 heteroatoms. The molecule has 2 rings (SSSR count). The van der Waals surface area contributed by atoms with Crippen LogP contribution in [0, 0.1) is 10.1 Å². The van der Waals surface area contributed by atoms with E-state index in [2.05, 4.69) is 15.6 Å². The highest BCUT2D eigenvalue weighted by Crippen LogP contribution is 2.14. The molecule has 0 spiro atoms. The fourth-order valence-corrected chi connectivity index (χ4v) is 1.73. The number of non-ortho nitro benzene ring substituents is 1. The lowest BCUT2D eigenvalue weighted by Crippen LogP contribution is -2.19. The van der Waals surface area contributed by atoms with Crippen molar-refractivity contribution in [3.05, 3.63) is 64.0 Å². The number of nitro benzene ring substituents is 1. The molecule has 1 amide bonds. The number of hydrogen-bond donors (Lipinski definition) is 2. The SMILES string of the molecule is CNC(=O)c1cc(NCc2ccc([N+](=O)[O-])cc2)ccn1. The van der Waals surface area contributed by atoms with Crippen molar-refractivity contribution >= 4 is 17.3 Å². The number of anilines is 1. The Balaban J connectivity index is 2.02. The monoisotopic (exact) mass is 286 g/mol. The summed E-state index contributed by atoms with van der Waals surface area (Å²) in [6.45, 7) is 0.495. The molecule has 2 N–H and O–H groups in total. The van der Waals surface area contributed by atoms with E-state index in [4.69, 9.17) is 0 Å². The molecular formula is C14H14N4O3. The van der Waals surface area contributed by atoms with Crippen LogP contribution in [0.25, 0.3) is 0 Å². The normalized spacial score (nSPS) is 9.95. The molecule has 0 saturated heterocycles. The summed E-state index contributed by atoms with van der Waals surface area (Å²) in [4.78, 5) is 25.6. The van der Waals surface area contributed by atoms with Gasteiger partial charge >= 0.3 is 0 Å². The van der Waals surface area contributed by atoms with E-state index in [1.165, 1.54) is 12.1 Å². The fourth-order valence-electron chi connectivity index (χ4n) is 1.73. The molecule has 0 fully saturated rings. The van der Waals surface area contributed by atoms with Gasteiger partial charge in [-0.2, -0.15) is 0 Å². The third kappa shape index (κ3) is 3.75. The molecule has 0 bridgehead atoms. The number of rotatable bonds is 5. The minimum absolute atomic E-state index is 0.0598. The van der Waals surface area contributed by atoms with E-state index in [0.29, 0.717) is 12.2 Å². The van der Waals surface area contributed by atoms with E-state index in [0.717, 1.165) is 11.3 Å². The molecule has 0 radical (unpaired) electrons. The van der Waals surface area contributed by atoms with Gasteiger partial charge < -0.3 is 10.6 Å². The molecule has 2 aromatic rings. The molecule has 1 aromatic carbocycles. The Bertz CT molecular complexity index is 656. The van der Waals surface area contributed by atoms with Gasteiger partial charge in [0.05, 0.1) is 4.92 Å². The van der Waals surface area contributed by atoms with Gasteiger partial charge in [-0.05, 0) is 17.7 Å². The lowest BCUT2D eigenvalue weighted by Gasteiger charge is -2.07. The molecule has 0 aliphatic carbocycles. The van der Waals surface area contributed by atoms with Crippen LogP contribution in [0.4, 0.5) is 11.4 Å². The Labute approximate surface area is 121 Å². The molecule has 0 atom stereocenters. The van der Waals surface area contributed by atoms with E-state index in [-0.39, 0.29) is 11.6 Å². The third-order valence-corrected chi connectivity index (χ3v) is 2.86. The van der Waals surface area contributed by atoms with Crippen molar-refractivity contribution in [3.8, 4) is 0 Å². The average Bonchev–Trinajstić information content (AvgIpc) is 2.52. The molecule has 0 aliphatic rings. The summed E-state index contributed by atoms with van der Waals surface area (Å²) in [6.07, 6.45) is 1.54. The van der Waals surface area contributed by atoms with Crippen LogP contribution in [0.2, 0.25) is 0 Å². The highest BCUT2D eigenvalue weighted by molar-refractivity contribution is 5.92. The molecule has 21 heavy (non-hydrogen) atoms. The second kappa shape index (κ2) is 6.47. The predicted octanol–water partition coefficient (Wildman–Crippen LogP) is 1.96. The number of aromatic nitrogens is 1. The van der Waals surface area contributed by atoms with Crippen LogP contribution >= 0.6 is 0 Å². The summed E-state index contributed by atoms with van der Waals surface area (Å²) < 4.78 is 0. The van der Waals surface area contributed by atoms with Gasteiger partial charge in [0.25, 0.3) is 11.6 Å². The maximum absolute atomic E-state index is 11.5. The Hall–Kier alpha value is -2.96. The molecule has 1 heterocycles. The third-order valence-electron chi connectivity index (χ3n) is 2.86. The summed E-state index contributed by atoms with van der Waals surface area (Å²) in [5, 5.41) is 16.2. The Morgan fingerprint density at radius 3 is 2.62 bits per heavy atom. The van der Waals surface area contributed by atoms with Crippen molar-refractivity contribution in [1.29, 1.82) is 0 Å². The van der Waals surface area contributed by atoms with Gasteiger partial charge in [0.2, 0.25) is 0 Å². The number of amides is 1. The lowest BCUT2D eigenvalue weighted by atomic mass is 10.2. The minimum atomic E-state index is -0.435. The van der Waals surface area contributed by atoms with Gasteiger partial charge in [0, 0.05) is 37.6 Å². The quantitative estimate of drug-likeness (QED) is 0.647. The van der Waals surface area contributed by atoms with E-state index in [1.54, 1.807) is 37.5 Å². The summed E-state index contributed by atoms with van der Waals surface area (Å²) in [7, 11) is 1.54. The Kier molecular flexibility index (Phi) is 4.45. The zero-order valence-electron chi connectivity index (χ0n) is 11.4.